The molecular formula is C19H27NO4. The zero-order chi connectivity index (χ0) is 31.6. The minimum Gasteiger partial charge on any atom is -0.493 e. The summed E-state index contributed by atoms with van der Waals surface area (Å²) in [5.41, 5.74) is -5.54. The standard InChI is InChI=1S/C19H27NO4/c1-19(2,22)10-13-11-20-6-5-12-7-17(23-3)18(24-4)8-14(12)15(20)9-16(13)21/h7-8,13,15,22H,5-6,9-11H2,1-4H3/t13-,15-/m0/s1/i1D3,5D2,6D2,7D,8D,9D2,10D2,11D2,13D/t13-,15-,19?. The Morgan fingerprint density at radius 2 is 2.25 bits per heavy atom. The lowest BCUT2D eigenvalue weighted by Crippen LogP contribution is -2.47. The Morgan fingerprint density at radius 3 is 2.92 bits per heavy atom. The van der Waals surface area contributed by atoms with Gasteiger partial charge in [-0.25, -0.2) is 0 Å². The van der Waals surface area contributed by atoms with Crippen molar-refractivity contribution in [2.75, 3.05) is 27.2 Å². The number of hydrogen-bond donors (Lipinski definition) is 1. The molecule has 1 saturated heterocycles. The normalized spacial score (nSPS) is 48.7. The number of benzene rings is 1. The SMILES string of the molecule is [2H]c1c(OC)c(OC)c([2H])c2c1[C@H]1N(C([2H])([2H])C2([2H])[2H])C([2H])([2H])[C@]([2H])(C([2H])([2H])C(C)(O)C([2H])([2H])[2H])C(=O)C1([2H])[2H]. The van der Waals surface area contributed by atoms with E-state index >= 15 is 0 Å². The van der Waals surface area contributed by atoms with Gasteiger partial charge in [-0.1, -0.05) is 0 Å². The number of rotatable bonds is 4. The van der Waals surface area contributed by atoms with Gasteiger partial charge in [0.15, 0.2) is 11.5 Å². The molecule has 1 N–H and O–H groups in total. The lowest BCUT2D eigenvalue weighted by molar-refractivity contribution is -0.131. The first-order chi connectivity index (χ1) is 17.6. The predicted octanol–water partition coefficient (Wildman–Crippen LogP) is 2.35. The Labute approximate surface area is 166 Å². The Hall–Kier alpha value is -1.59. The Morgan fingerprint density at radius 1 is 1.54 bits per heavy atom. The first kappa shape index (κ1) is 6.29. The van der Waals surface area contributed by atoms with E-state index in [1.54, 1.807) is 0 Å². The van der Waals surface area contributed by atoms with Gasteiger partial charge in [-0.3, -0.25) is 9.69 Å². The predicted molar refractivity (Wildman–Crippen MR) is 91.6 cm³/mol. The van der Waals surface area contributed by atoms with Crippen LogP contribution in [0.3, 0.4) is 0 Å². The number of fused-ring (bicyclic) bond motifs is 3. The van der Waals surface area contributed by atoms with Crippen molar-refractivity contribution in [2.24, 2.45) is 5.89 Å². The van der Waals surface area contributed by atoms with Gasteiger partial charge in [0, 0.05) is 50.5 Å². The van der Waals surface area contributed by atoms with Gasteiger partial charge in [0.25, 0.3) is 0 Å². The molecule has 1 aromatic carbocycles. The van der Waals surface area contributed by atoms with E-state index < -0.39 is 97.0 Å². The Kier molecular flexibility index (Phi) is 1.67. The highest BCUT2D eigenvalue weighted by Gasteiger charge is 2.40. The number of hydrogen-bond acceptors (Lipinski definition) is 5. The molecule has 1 aromatic rings. The van der Waals surface area contributed by atoms with E-state index in [0.717, 1.165) is 14.2 Å². The molecule has 24 heavy (non-hydrogen) atoms. The van der Waals surface area contributed by atoms with Gasteiger partial charge in [-0.2, -0.15) is 0 Å². The fourth-order valence-electron chi connectivity index (χ4n) is 2.31. The molecule has 5 heteroatoms. The molecule has 1 unspecified atom stereocenters. The molecule has 2 aliphatic heterocycles. The molecule has 1 fully saturated rings. The summed E-state index contributed by atoms with van der Waals surface area (Å²) in [5.74, 6) is -7.58. The monoisotopic (exact) mass is 349 g/mol. The number of aliphatic hydroxyl groups is 1. The summed E-state index contributed by atoms with van der Waals surface area (Å²) in [4.78, 5) is 13.5. The summed E-state index contributed by atoms with van der Waals surface area (Å²) in [6, 6.07) is -4.39. The molecule has 0 aromatic heterocycles. The molecule has 0 bridgehead atoms. The zero-order valence-corrected chi connectivity index (χ0v) is 13.2. The van der Waals surface area contributed by atoms with Crippen LogP contribution in [0.15, 0.2) is 12.1 Å². The summed E-state index contributed by atoms with van der Waals surface area (Å²) >= 11 is 0. The van der Waals surface area contributed by atoms with Gasteiger partial charge >= 0.3 is 0 Å². The topological polar surface area (TPSA) is 59.0 Å². The van der Waals surface area contributed by atoms with Crippen LogP contribution in [0, 0.1) is 5.89 Å². The van der Waals surface area contributed by atoms with Crippen LogP contribution in [-0.4, -0.2) is 48.6 Å². The largest absolute Gasteiger partial charge is 0.493 e. The number of Topliss-reactive ketones (excluding diaryl/α,β-unsaturated/α-hetero) is 1. The molecule has 2 heterocycles. The zero-order valence-electron chi connectivity index (χ0n) is 29.2. The second-order valence-electron chi connectivity index (χ2n) is 5.27. The van der Waals surface area contributed by atoms with E-state index in [1.807, 2.05) is 0 Å². The van der Waals surface area contributed by atoms with Gasteiger partial charge in [0.2, 0.25) is 0 Å². The molecule has 3 rings (SSSR count). The van der Waals surface area contributed by atoms with Crippen LogP contribution in [0.5, 0.6) is 11.5 Å². The number of carbonyl (C=O) groups is 1. The molecule has 0 aliphatic carbocycles. The molecule has 0 saturated carbocycles. The lowest BCUT2D eigenvalue weighted by atomic mass is 9.79. The van der Waals surface area contributed by atoms with Crippen molar-refractivity contribution >= 4 is 5.78 Å². The maximum absolute atomic E-state index is 13.8. The van der Waals surface area contributed by atoms with Gasteiger partial charge in [0.1, 0.15) is 5.78 Å². The molecule has 0 radical (unpaired) electrons. The first-order valence-corrected chi connectivity index (χ1v) is 6.94. The van der Waals surface area contributed by atoms with Crippen molar-refractivity contribution in [3.05, 3.63) is 23.2 Å². The minimum atomic E-state index is -4.23. The second-order valence-corrected chi connectivity index (χ2v) is 5.27. The molecule has 2 aliphatic rings. The number of methoxy groups -OCH3 is 2. The third-order valence-electron chi connectivity index (χ3n) is 3.30. The third-order valence-corrected chi connectivity index (χ3v) is 3.30. The van der Waals surface area contributed by atoms with Crippen LogP contribution in [0.1, 0.15) is 65.6 Å². The molecule has 3 atom stereocenters. The second kappa shape index (κ2) is 6.37. The van der Waals surface area contributed by atoms with Crippen molar-refractivity contribution in [3.8, 4) is 11.5 Å². The highest BCUT2D eigenvalue weighted by molar-refractivity contribution is 5.83. The first-order valence-electron chi connectivity index (χ1n) is 14.9. The summed E-state index contributed by atoms with van der Waals surface area (Å²) in [7, 11) is 2.06. The van der Waals surface area contributed by atoms with E-state index in [9.17, 15) is 9.90 Å². The smallest absolute Gasteiger partial charge is 0.161 e. The molecule has 5 nitrogen and oxygen atoms in total. The van der Waals surface area contributed by atoms with Crippen LogP contribution in [0.4, 0.5) is 0 Å². The van der Waals surface area contributed by atoms with Crippen molar-refractivity contribution in [3.63, 3.8) is 0 Å². The molecule has 132 valence electrons. The van der Waals surface area contributed by atoms with E-state index in [1.165, 1.54) is 0 Å². The fourth-order valence-corrected chi connectivity index (χ4v) is 2.31. The average Bonchev–Trinajstić information content (AvgIpc) is 2.78. The number of nitrogens with zero attached hydrogens (tertiary/aromatic N) is 1. The summed E-state index contributed by atoms with van der Waals surface area (Å²) in [5, 5.41) is 10.7. The number of ketones is 1. The van der Waals surface area contributed by atoms with Crippen molar-refractivity contribution in [1.29, 1.82) is 0 Å². The molecular weight excluding hydrogens is 306 g/mol. The van der Waals surface area contributed by atoms with E-state index in [4.69, 9.17) is 31.4 Å². The van der Waals surface area contributed by atoms with Crippen molar-refractivity contribution < 1.29 is 41.3 Å². The van der Waals surface area contributed by atoms with Crippen LogP contribution in [-0.2, 0) is 11.2 Å². The highest BCUT2D eigenvalue weighted by Crippen LogP contribution is 2.42. The summed E-state index contributed by atoms with van der Waals surface area (Å²) < 4.78 is 145. The van der Waals surface area contributed by atoms with Gasteiger partial charge < -0.3 is 14.6 Å². The van der Waals surface area contributed by atoms with E-state index in [0.29, 0.717) is 6.92 Å². The lowest BCUT2D eigenvalue weighted by Gasteiger charge is -2.44. The molecule has 0 amide bonds. The Balaban J connectivity index is 2.59. The fraction of sp³-hybridized carbons (Fsp3) is 0.632. The summed E-state index contributed by atoms with van der Waals surface area (Å²) in [6.07, 6.45) is -11.4. The van der Waals surface area contributed by atoms with Crippen LogP contribution < -0.4 is 9.47 Å². The van der Waals surface area contributed by atoms with Crippen molar-refractivity contribution in [1.82, 2.24) is 4.90 Å². The van der Waals surface area contributed by atoms with E-state index in [2.05, 4.69) is 0 Å². The van der Waals surface area contributed by atoms with Crippen LogP contribution in [0.25, 0.3) is 0 Å². The van der Waals surface area contributed by atoms with Crippen LogP contribution >= 0.6 is 0 Å². The number of ether oxygens (including phenoxy) is 2. The number of carbonyl (C=O) groups excluding carboxylic acids is 1. The van der Waals surface area contributed by atoms with Gasteiger partial charge in [-0.05, 0) is 49.7 Å². The molecule has 0 spiro atoms. The highest BCUT2D eigenvalue weighted by atomic mass is 16.5. The quantitative estimate of drug-likeness (QED) is 0.904. The van der Waals surface area contributed by atoms with Gasteiger partial charge in [-0.15, -0.1) is 0 Å². The number of piperidine rings is 1. The summed E-state index contributed by atoms with van der Waals surface area (Å²) in [6.45, 7) is -11.2. The minimum absolute atomic E-state index is 0.256. The Bertz CT molecular complexity index is 1260. The maximum Gasteiger partial charge on any atom is 0.161 e. The van der Waals surface area contributed by atoms with Gasteiger partial charge in [0.05, 0.1) is 22.6 Å². The van der Waals surface area contributed by atoms with E-state index in [-0.39, 0.29) is 4.90 Å². The van der Waals surface area contributed by atoms with Crippen molar-refractivity contribution in [2.45, 2.75) is 44.5 Å². The van der Waals surface area contributed by atoms with Crippen LogP contribution in [0.2, 0.25) is 0 Å². The average molecular weight is 350 g/mol. The third kappa shape index (κ3) is 3.28. The maximum atomic E-state index is 13.8.